The Morgan fingerprint density at radius 3 is 1.54 bits per heavy atom. The van der Waals surface area contributed by atoms with E-state index in [1.165, 1.54) is 11.1 Å². The Morgan fingerprint density at radius 1 is 0.750 bits per heavy atom. The molecule has 0 bridgehead atoms. The van der Waals surface area contributed by atoms with E-state index in [0.717, 1.165) is 60.3 Å². The topological polar surface area (TPSA) is 17.1 Å². The molecule has 0 spiro atoms. The van der Waals surface area contributed by atoms with Crippen LogP contribution in [-0.2, 0) is 17.4 Å². The van der Waals surface area contributed by atoms with Crippen molar-refractivity contribution in [3.8, 4) is 0 Å². The maximum absolute atomic E-state index is 13.6. The highest BCUT2D eigenvalue weighted by Crippen LogP contribution is 2.29. The zero-order valence-electron chi connectivity index (χ0n) is 15.6. The Kier molecular flexibility index (Phi) is 7.18. The number of hydrogen-bond acceptors (Lipinski definition) is 1. The highest BCUT2D eigenvalue weighted by Gasteiger charge is 2.19. The summed E-state index contributed by atoms with van der Waals surface area (Å²) in [4.78, 5) is 0. The molecule has 0 unspecified atom stereocenters. The Morgan fingerprint density at radius 2 is 1.17 bits per heavy atom. The van der Waals surface area contributed by atoms with Crippen LogP contribution in [0.1, 0.15) is 61.8 Å². The number of hydrogen-bond donors (Lipinski definition) is 0. The lowest BCUT2D eigenvalue weighted by Gasteiger charge is -2.16. The molecule has 129 valence electrons. The van der Waals surface area contributed by atoms with Crippen LogP contribution in [-0.4, -0.2) is 0 Å². The molecule has 2 rings (SSSR count). The van der Waals surface area contributed by atoms with E-state index in [0.29, 0.717) is 0 Å². The molecule has 0 heterocycles. The lowest BCUT2D eigenvalue weighted by atomic mass is 10.1. The summed E-state index contributed by atoms with van der Waals surface area (Å²) in [6, 6.07) is 12.7. The third-order valence-electron chi connectivity index (χ3n) is 4.65. The highest BCUT2D eigenvalue weighted by molar-refractivity contribution is 7.62. The molecule has 0 N–H and O–H groups in total. The van der Waals surface area contributed by atoms with E-state index < -0.39 is 7.80 Å². The molecular formula is C22H30OP. The first-order valence-corrected chi connectivity index (χ1v) is 10.5. The van der Waals surface area contributed by atoms with E-state index in [9.17, 15) is 4.57 Å². The molecule has 0 fully saturated rings. The Labute approximate surface area is 148 Å². The normalized spacial score (nSPS) is 10.8. The fourth-order valence-electron chi connectivity index (χ4n) is 3.27. The smallest absolute Gasteiger partial charge is 0.137 e. The molecule has 0 aliphatic carbocycles. The minimum Gasteiger partial charge on any atom is -0.277 e. The fraction of sp³-hybridized carbons (Fsp3) is 0.455. The molecule has 0 aliphatic rings. The Hall–Kier alpha value is -1.46. The van der Waals surface area contributed by atoms with Gasteiger partial charge in [0.2, 0.25) is 0 Å². The van der Waals surface area contributed by atoms with E-state index in [2.05, 4.69) is 64.1 Å². The van der Waals surface area contributed by atoms with Crippen molar-refractivity contribution < 1.29 is 4.57 Å². The molecule has 1 nitrogen and oxygen atoms in total. The van der Waals surface area contributed by atoms with Gasteiger partial charge in [-0.25, -0.2) is 0 Å². The van der Waals surface area contributed by atoms with Crippen LogP contribution in [0.3, 0.4) is 0 Å². The van der Waals surface area contributed by atoms with Crippen molar-refractivity contribution in [2.75, 3.05) is 0 Å². The summed E-state index contributed by atoms with van der Waals surface area (Å²) in [7, 11) is -1.54. The first kappa shape index (κ1) is 18.9. The van der Waals surface area contributed by atoms with Gasteiger partial charge in [-0.15, -0.1) is 0 Å². The zero-order chi connectivity index (χ0) is 17.5. The predicted molar refractivity (Wildman–Crippen MR) is 106 cm³/mol. The number of aryl methyl sites for hydroxylation is 4. The fourth-order valence-corrected chi connectivity index (χ4v) is 5.18. The average molecular weight is 341 g/mol. The standard InChI is InChI=1S/C22H30OP/c1-5-7-13-19-15-9-11-17(3)21(19)24(23)22-18(4)12-10-16-20(22)14-8-6-2/h9-12,15-16H,5-8,13-14H2,1-4H3. The molecule has 2 heteroatoms. The van der Waals surface area contributed by atoms with Crippen molar-refractivity contribution in [3.05, 3.63) is 58.7 Å². The molecule has 2 aromatic rings. The van der Waals surface area contributed by atoms with Crippen LogP contribution in [0.2, 0.25) is 0 Å². The van der Waals surface area contributed by atoms with Gasteiger partial charge in [0.25, 0.3) is 0 Å². The molecular weight excluding hydrogens is 311 g/mol. The quantitative estimate of drug-likeness (QED) is 0.557. The van der Waals surface area contributed by atoms with Gasteiger partial charge in [-0.1, -0.05) is 63.1 Å². The van der Waals surface area contributed by atoms with Crippen LogP contribution in [0.4, 0.5) is 0 Å². The molecule has 24 heavy (non-hydrogen) atoms. The Balaban J connectivity index is 2.49. The first-order chi connectivity index (χ1) is 11.6. The summed E-state index contributed by atoms with van der Waals surface area (Å²) in [5, 5.41) is 2.15. The second-order valence-corrected chi connectivity index (χ2v) is 8.15. The van der Waals surface area contributed by atoms with Crippen molar-refractivity contribution in [2.45, 2.75) is 66.2 Å². The van der Waals surface area contributed by atoms with Crippen molar-refractivity contribution in [3.63, 3.8) is 0 Å². The first-order valence-electron chi connectivity index (χ1n) is 9.24. The van der Waals surface area contributed by atoms with Gasteiger partial charge in [0.1, 0.15) is 7.80 Å². The van der Waals surface area contributed by atoms with Crippen molar-refractivity contribution in [2.24, 2.45) is 0 Å². The maximum Gasteiger partial charge on any atom is 0.137 e. The van der Waals surface area contributed by atoms with Gasteiger partial charge in [0, 0.05) is 10.6 Å². The third kappa shape index (κ3) is 4.33. The van der Waals surface area contributed by atoms with Crippen LogP contribution >= 0.6 is 7.80 Å². The van der Waals surface area contributed by atoms with Gasteiger partial charge >= 0.3 is 0 Å². The SMILES string of the molecule is CCCCc1cccc(C)c1[P](=O)c1c(C)cccc1CCCC. The van der Waals surface area contributed by atoms with E-state index in [4.69, 9.17) is 0 Å². The van der Waals surface area contributed by atoms with E-state index in [1.54, 1.807) is 0 Å². The molecule has 0 aromatic heterocycles. The number of unbranched alkanes of at least 4 members (excludes halogenated alkanes) is 2. The monoisotopic (exact) mass is 341 g/mol. The van der Waals surface area contributed by atoms with Gasteiger partial charge in [0.05, 0.1) is 0 Å². The van der Waals surface area contributed by atoms with Gasteiger partial charge in [-0.2, -0.15) is 0 Å². The molecule has 1 radical (unpaired) electrons. The molecule has 0 aliphatic heterocycles. The van der Waals surface area contributed by atoms with Crippen LogP contribution in [0, 0.1) is 13.8 Å². The van der Waals surface area contributed by atoms with Crippen LogP contribution in [0.15, 0.2) is 36.4 Å². The summed E-state index contributed by atoms with van der Waals surface area (Å²) in [6.07, 6.45) is 6.66. The third-order valence-corrected chi connectivity index (χ3v) is 6.74. The maximum atomic E-state index is 13.6. The molecule has 0 saturated carbocycles. The van der Waals surface area contributed by atoms with Gasteiger partial charge in [-0.05, 0) is 61.8 Å². The second-order valence-electron chi connectivity index (χ2n) is 6.67. The second kappa shape index (κ2) is 9.14. The Bertz CT molecular complexity index is 644. The van der Waals surface area contributed by atoms with Crippen molar-refractivity contribution in [1.29, 1.82) is 0 Å². The van der Waals surface area contributed by atoms with Gasteiger partial charge < -0.3 is 0 Å². The van der Waals surface area contributed by atoms with Crippen LogP contribution in [0.5, 0.6) is 0 Å². The molecule has 0 atom stereocenters. The van der Waals surface area contributed by atoms with Crippen LogP contribution < -0.4 is 10.6 Å². The highest BCUT2D eigenvalue weighted by atomic mass is 31.1. The molecule has 2 aromatic carbocycles. The summed E-state index contributed by atoms with van der Waals surface area (Å²) >= 11 is 0. The van der Waals surface area contributed by atoms with E-state index >= 15 is 0 Å². The van der Waals surface area contributed by atoms with Gasteiger partial charge in [-0.3, -0.25) is 4.57 Å². The summed E-state index contributed by atoms with van der Waals surface area (Å²) < 4.78 is 13.6. The lowest BCUT2D eigenvalue weighted by molar-refractivity contribution is 0.597. The van der Waals surface area contributed by atoms with Crippen LogP contribution in [0.25, 0.3) is 0 Å². The van der Waals surface area contributed by atoms with Crippen molar-refractivity contribution in [1.82, 2.24) is 0 Å². The predicted octanol–water partition coefficient (Wildman–Crippen LogP) is 5.77. The largest absolute Gasteiger partial charge is 0.277 e. The summed E-state index contributed by atoms with van der Waals surface area (Å²) in [5.41, 5.74) is 4.86. The number of benzene rings is 2. The summed E-state index contributed by atoms with van der Waals surface area (Å²) in [5.74, 6) is 0. The minimum absolute atomic E-state index is 1.02. The van der Waals surface area contributed by atoms with E-state index in [1.807, 2.05) is 0 Å². The minimum atomic E-state index is -1.54. The van der Waals surface area contributed by atoms with E-state index in [-0.39, 0.29) is 0 Å². The zero-order valence-corrected chi connectivity index (χ0v) is 16.5. The molecule has 0 saturated heterocycles. The molecule has 0 amide bonds. The van der Waals surface area contributed by atoms with Crippen molar-refractivity contribution >= 4 is 18.4 Å². The number of rotatable bonds is 8. The van der Waals surface area contributed by atoms with Gasteiger partial charge in [0.15, 0.2) is 0 Å². The average Bonchev–Trinajstić information content (AvgIpc) is 2.57. The summed E-state index contributed by atoms with van der Waals surface area (Å²) in [6.45, 7) is 8.61. The lowest BCUT2D eigenvalue weighted by Crippen LogP contribution is -2.19.